The molecule has 1 aliphatic rings. The van der Waals surface area contributed by atoms with Gasteiger partial charge in [0.15, 0.2) is 11.5 Å². The summed E-state index contributed by atoms with van der Waals surface area (Å²) in [6.07, 6.45) is 2.72. The number of aliphatic hydroxyl groups excluding tert-OH is 1. The van der Waals surface area contributed by atoms with Gasteiger partial charge in [-0.15, -0.1) is 0 Å². The van der Waals surface area contributed by atoms with Crippen molar-refractivity contribution in [2.45, 2.75) is 6.10 Å². The number of ether oxygens (including phenoxy) is 2. The van der Waals surface area contributed by atoms with Crippen LogP contribution in [0.4, 0.5) is 10.5 Å². The summed E-state index contributed by atoms with van der Waals surface area (Å²) in [5.74, 6) is 1.24. The molecule has 27 heavy (non-hydrogen) atoms. The summed E-state index contributed by atoms with van der Waals surface area (Å²) in [6, 6.07) is 13.9. The van der Waals surface area contributed by atoms with Crippen molar-refractivity contribution in [1.29, 1.82) is 0 Å². The maximum absolute atomic E-state index is 12.0. The molecule has 0 saturated carbocycles. The summed E-state index contributed by atoms with van der Waals surface area (Å²) in [6.45, 7) is 0.258. The molecule has 8 nitrogen and oxygen atoms in total. The van der Waals surface area contributed by atoms with Crippen LogP contribution in [0.3, 0.4) is 0 Å². The Morgan fingerprint density at radius 2 is 2.00 bits per heavy atom. The number of urea groups is 1. The normalized spacial score (nSPS) is 13.2. The highest BCUT2D eigenvalue weighted by atomic mass is 16.7. The lowest BCUT2D eigenvalue weighted by molar-refractivity contribution is 0.174. The Hall–Kier alpha value is -3.52. The van der Waals surface area contributed by atoms with Gasteiger partial charge in [-0.05, 0) is 35.9 Å². The summed E-state index contributed by atoms with van der Waals surface area (Å²) in [5, 5.41) is 19.8. The topological polar surface area (TPSA) is 97.6 Å². The number of amides is 2. The zero-order valence-electron chi connectivity index (χ0n) is 14.3. The minimum atomic E-state index is -0.820. The summed E-state index contributed by atoms with van der Waals surface area (Å²) in [7, 11) is 0. The summed E-state index contributed by atoms with van der Waals surface area (Å²) in [5.41, 5.74) is 2.17. The number of carbonyl (C=O) groups is 1. The molecule has 3 aromatic rings. The molecule has 138 valence electrons. The first-order valence-corrected chi connectivity index (χ1v) is 8.41. The molecule has 1 aromatic heterocycles. The highest BCUT2D eigenvalue weighted by Crippen LogP contribution is 2.34. The number of aromatic nitrogens is 2. The van der Waals surface area contributed by atoms with E-state index in [4.69, 9.17) is 9.47 Å². The lowest BCUT2D eigenvalue weighted by Crippen LogP contribution is -2.32. The number of fused-ring (bicyclic) bond motifs is 1. The van der Waals surface area contributed by atoms with Gasteiger partial charge in [0.25, 0.3) is 0 Å². The number of anilines is 1. The SMILES string of the molecule is O=C(NCC(O)c1ccc(-n2cccn2)cc1)Nc1ccc2c(c1)OCO2. The first kappa shape index (κ1) is 16.9. The standard InChI is InChI=1S/C19H18N4O4/c24-16(13-2-5-15(6-3-13)23-9-1-8-21-23)11-20-19(25)22-14-4-7-17-18(10-14)27-12-26-17/h1-10,16,24H,11-12H2,(H2,20,22,25). The van der Waals surface area contributed by atoms with E-state index in [1.54, 1.807) is 41.2 Å². The van der Waals surface area contributed by atoms with Crippen LogP contribution in [0.25, 0.3) is 5.69 Å². The Morgan fingerprint density at radius 3 is 2.78 bits per heavy atom. The predicted octanol–water partition coefficient (Wildman–Crippen LogP) is 2.46. The molecule has 0 aliphatic carbocycles. The molecule has 0 saturated heterocycles. The van der Waals surface area contributed by atoms with Crippen LogP contribution < -0.4 is 20.1 Å². The van der Waals surface area contributed by atoms with Crippen molar-refractivity contribution >= 4 is 11.7 Å². The second kappa shape index (κ2) is 7.38. The van der Waals surface area contributed by atoms with E-state index in [0.717, 1.165) is 5.69 Å². The van der Waals surface area contributed by atoms with E-state index in [2.05, 4.69) is 15.7 Å². The molecule has 2 aromatic carbocycles. The Balaban J connectivity index is 1.30. The third-order valence-electron chi connectivity index (χ3n) is 4.13. The molecule has 2 heterocycles. The van der Waals surface area contributed by atoms with Crippen molar-refractivity contribution in [1.82, 2.24) is 15.1 Å². The lowest BCUT2D eigenvalue weighted by atomic mass is 10.1. The van der Waals surface area contributed by atoms with Crippen molar-refractivity contribution in [2.24, 2.45) is 0 Å². The molecular weight excluding hydrogens is 348 g/mol. The van der Waals surface area contributed by atoms with Gasteiger partial charge in [-0.1, -0.05) is 12.1 Å². The third-order valence-corrected chi connectivity index (χ3v) is 4.13. The summed E-state index contributed by atoms with van der Waals surface area (Å²) in [4.78, 5) is 12.0. The highest BCUT2D eigenvalue weighted by Gasteiger charge is 2.15. The quantitative estimate of drug-likeness (QED) is 0.644. The number of rotatable bonds is 5. The van der Waals surface area contributed by atoms with Crippen molar-refractivity contribution < 1.29 is 19.4 Å². The lowest BCUT2D eigenvalue weighted by Gasteiger charge is -2.14. The molecule has 8 heteroatoms. The number of hydrogen-bond acceptors (Lipinski definition) is 5. The predicted molar refractivity (Wildman–Crippen MR) is 98.1 cm³/mol. The van der Waals surface area contributed by atoms with E-state index in [1.807, 2.05) is 24.4 Å². The zero-order chi connectivity index (χ0) is 18.6. The number of hydrogen-bond donors (Lipinski definition) is 3. The van der Waals surface area contributed by atoms with Gasteiger partial charge in [0.2, 0.25) is 6.79 Å². The van der Waals surface area contributed by atoms with Crippen LogP contribution in [-0.4, -0.2) is 34.3 Å². The van der Waals surface area contributed by atoms with E-state index >= 15 is 0 Å². The maximum Gasteiger partial charge on any atom is 0.319 e. The van der Waals surface area contributed by atoms with E-state index < -0.39 is 12.1 Å². The number of aliphatic hydroxyl groups is 1. The van der Waals surface area contributed by atoms with Gasteiger partial charge in [-0.3, -0.25) is 0 Å². The van der Waals surface area contributed by atoms with Crippen LogP contribution >= 0.6 is 0 Å². The van der Waals surface area contributed by atoms with Crippen LogP contribution in [0, 0.1) is 0 Å². The van der Waals surface area contributed by atoms with Crippen LogP contribution in [0.5, 0.6) is 11.5 Å². The zero-order valence-corrected chi connectivity index (χ0v) is 14.3. The van der Waals surface area contributed by atoms with Crippen LogP contribution in [-0.2, 0) is 0 Å². The van der Waals surface area contributed by atoms with Gasteiger partial charge in [0, 0.05) is 30.7 Å². The van der Waals surface area contributed by atoms with Crippen LogP contribution in [0.1, 0.15) is 11.7 Å². The monoisotopic (exact) mass is 366 g/mol. The molecular formula is C19H18N4O4. The molecule has 4 rings (SSSR count). The fourth-order valence-corrected chi connectivity index (χ4v) is 2.73. The first-order chi connectivity index (χ1) is 13.2. The minimum absolute atomic E-state index is 0.0809. The van der Waals surface area contributed by atoms with Gasteiger partial charge < -0.3 is 25.2 Å². The van der Waals surface area contributed by atoms with Crippen molar-refractivity contribution in [3.8, 4) is 17.2 Å². The molecule has 1 unspecified atom stereocenters. The second-order valence-corrected chi connectivity index (χ2v) is 5.96. The molecule has 1 aliphatic heterocycles. The molecule has 0 fully saturated rings. The van der Waals surface area contributed by atoms with Crippen LogP contribution in [0.15, 0.2) is 60.9 Å². The van der Waals surface area contributed by atoms with E-state index in [1.165, 1.54) is 0 Å². The summed E-state index contributed by atoms with van der Waals surface area (Å²) >= 11 is 0. The average Bonchev–Trinajstić information content (AvgIpc) is 3.37. The molecule has 1 atom stereocenters. The first-order valence-electron chi connectivity index (χ1n) is 8.41. The average molecular weight is 366 g/mol. The minimum Gasteiger partial charge on any atom is -0.454 e. The molecule has 2 amide bonds. The summed E-state index contributed by atoms with van der Waals surface area (Å²) < 4.78 is 12.2. The van der Waals surface area contributed by atoms with Gasteiger partial charge in [0.1, 0.15) is 0 Å². The Kier molecular flexibility index (Phi) is 4.63. The fourth-order valence-electron chi connectivity index (χ4n) is 2.73. The molecule has 3 N–H and O–H groups in total. The molecule has 0 radical (unpaired) electrons. The maximum atomic E-state index is 12.0. The van der Waals surface area contributed by atoms with E-state index in [-0.39, 0.29) is 13.3 Å². The smallest absolute Gasteiger partial charge is 0.319 e. The van der Waals surface area contributed by atoms with Crippen LogP contribution in [0.2, 0.25) is 0 Å². The Morgan fingerprint density at radius 1 is 1.19 bits per heavy atom. The van der Waals surface area contributed by atoms with Crippen molar-refractivity contribution in [3.05, 3.63) is 66.5 Å². The Bertz CT molecular complexity index is 925. The number of carbonyl (C=O) groups excluding carboxylic acids is 1. The van der Waals surface area contributed by atoms with Gasteiger partial charge in [0.05, 0.1) is 11.8 Å². The van der Waals surface area contributed by atoms with E-state index in [9.17, 15) is 9.90 Å². The van der Waals surface area contributed by atoms with Crippen molar-refractivity contribution in [3.63, 3.8) is 0 Å². The van der Waals surface area contributed by atoms with E-state index in [0.29, 0.717) is 22.7 Å². The second-order valence-electron chi connectivity index (χ2n) is 5.96. The number of benzene rings is 2. The van der Waals surface area contributed by atoms with Crippen molar-refractivity contribution in [2.75, 3.05) is 18.7 Å². The molecule has 0 spiro atoms. The van der Waals surface area contributed by atoms with Gasteiger partial charge in [-0.25, -0.2) is 9.48 Å². The fraction of sp³-hybridized carbons (Fsp3) is 0.158. The third kappa shape index (κ3) is 3.85. The highest BCUT2D eigenvalue weighted by molar-refractivity contribution is 5.89. The number of nitrogens with one attached hydrogen (secondary N) is 2. The van der Waals surface area contributed by atoms with Gasteiger partial charge >= 0.3 is 6.03 Å². The molecule has 0 bridgehead atoms. The number of nitrogens with zero attached hydrogens (tertiary/aromatic N) is 2. The van der Waals surface area contributed by atoms with Gasteiger partial charge in [-0.2, -0.15) is 5.10 Å². The Labute approximate surface area is 155 Å². The largest absolute Gasteiger partial charge is 0.454 e.